The van der Waals surface area contributed by atoms with Crippen LogP contribution in [0.25, 0.3) is 0 Å². The van der Waals surface area contributed by atoms with E-state index in [1.807, 2.05) is 0 Å². The highest BCUT2D eigenvalue weighted by atomic mass is 16.4. The van der Waals surface area contributed by atoms with Gasteiger partial charge in [0.05, 0.1) is 6.42 Å². The molecule has 6 nitrogen and oxygen atoms in total. The van der Waals surface area contributed by atoms with Crippen LogP contribution in [0.4, 0.5) is 0 Å². The molecule has 0 saturated heterocycles. The highest BCUT2D eigenvalue weighted by Gasteiger charge is 2.05. The fourth-order valence-electron chi connectivity index (χ4n) is 1.36. The first-order chi connectivity index (χ1) is 8.61. The lowest BCUT2D eigenvalue weighted by Gasteiger charge is -2.04. The lowest BCUT2D eigenvalue weighted by atomic mass is 10.1. The summed E-state index contributed by atoms with van der Waals surface area (Å²) >= 11 is 0. The third kappa shape index (κ3) is 5.11. The van der Waals surface area contributed by atoms with Crippen LogP contribution in [-0.2, 0) is 27.3 Å². The Kier molecular flexibility index (Phi) is 5.37. The number of benzene rings is 1. The molecule has 1 aromatic carbocycles. The van der Waals surface area contributed by atoms with Crippen molar-refractivity contribution in [1.82, 2.24) is 10.6 Å². The van der Waals surface area contributed by atoms with Crippen LogP contribution in [0.15, 0.2) is 24.3 Å². The van der Waals surface area contributed by atoms with Gasteiger partial charge >= 0.3 is 5.97 Å². The maximum absolute atomic E-state index is 11.3. The molecule has 1 rings (SSSR count). The number of carbonyl (C=O) groups is 3. The smallest absolute Gasteiger partial charge is 0.322 e. The van der Waals surface area contributed by atoms with E-state index in [-0.39, 0.29) is 18.9 Å². The number of amides is 2. The molecule has 96 valence electrons. The van der Waals surface area contributed by atoms with E-state index in [4.69, 9.17) is 5.11 Å². The zero-order valence-corrected chi connectivity index (χ0v) is 9.68. The Bertz CT molecular complexity index is 428. The van der Waals surface area contributed by atoms with Gasteiger partial charge in [0.1, 0.15) is 6.54 Å². The molecule has 0 heterocycles. The molecule has 2 amide bonds. The molecule has 0 atom stereocenters. The van der Waals surface area contributed by atoms with Crippen LogP contribution in [0.2, 0.25) is 0 Å². The minimum Gasteiger partial charge on any atom is -0.480 e. The average molecular weight is 250 g/mol. The minimum atomic E-state index is -1.07. The summed E-state index contributed by atoms with van der Waals surface area (Å²) < 4.78 is 0. The van der Waals surface area contributed by atoms with Crippen LogP contribution in [-0.4, -0.2) is 29.9 Å². The maximum atomic E-state index is 11.3. The van der Waals surface area contributed by atoms with Gasteiger partial charge in [0.15, 0.2) is 0 Å². The Morgan fingerprint density at radius 1 is 1.17 bits per heavy atom. The van der Waals surface area contributed by atoms with Gasteiger partial charge in [-0.2, -0.15) is 0 Å². The van der Waals surface area contributed by atoms with E-state index in [1.54, 1.807) is 24.3 Å². The highest BCUT2D eigenvalue weighted by molar-refractivity contribution is 5.82. The van der Waals surface area contributed by atoms with Crippen molar-refractivity contribution in [2.75, 3.05) is 6.54 Å². The van der Waals surface area contributed by atoms with Crippen molar-refractivity contribution in [1.29, 1.82) is 0 Å². The fraction of sp³-hybridized carbons (Fsp3) is 0.250. The summed E-state index contributed by atoms with van der Waals surface area (Å²) in [5.74, 6) is -1.41. The number of carboxylic acids is 1. The Hall–Kier alpha value is -2.37. The lowest BCUT2D eigenvalue weighted by Crippen LogP contribution is -2.30. The average Bonchev–Trinajstić information content (AvgIpc) is 2.35. The van der Waals surface area contributed by atoms with Crippen LogP contribution >= 0.6 is 0 Å². The van der Waals surface area contributed by atoms with E-state index >= 15 is 0 Å². The number of hydrogen-bond acceptors (Lipinski definition) is 3. The number of nitrogens with one attached hydrogen (secondary N) is 2. The molecule has 1 aromatic rings. The van der Waals surface area contributed by atoms with Crippen molar-refractivity contribution < 1.29 is 19.5 Å². The van der Waals surface area contributed by atoms with E-state index in [2.05, 4.69) is 10.6 Å². The first kappa shape index (κ1) is 13.7. The van der Waals surface area contributed by atoms with Gasteiger partial charge in [0.2, 0.25) is 12.3 Å². The van der Waals surface area contributed by atoms with Gasteiger partial charge in [0, 0.05) is 6.54 Å². The second-order valence-electron chi connectivity index (χ2n) is 3.66. The lowest BCUT2D eigenvalue weighted by molar-refractivity contribution is -0.137. The summed E-state index contributed by atoms with van der Waals surface area (Å²) in [7, 11) is 0. The molecular weight excluding hydrogens is 236 g/mol. The Morgan fingerprint density at radius 3 is 2.33 bits per heavy atom. The van der Waals surface area contributed by atoms with Crippen molar-refractivity contribution in [2.45, 2.75) is 13.0 Å². The van der Waals surface area contributed by atoms with Gasteiger partial charge in [0.25, 0.3) is 0 Å². The van der Waals surface area contributed by atoms with Crippen molar-refractivity contribution in [2.24, 2.45) is 0 Å². The van der Waals surface area contributed by atoms with Crippen LogP contribution in [0.1, 0.15) is 11.1 Å². The second kappa shape index (κ2) is 7.05. The topological polar surface area (TPSA) is 95.5 Å². The molecule has 18 heavy (non-hydrogen) atoms. The number of carbonyl (C=O) groups excluding carboxylic acids is 2. The Morgan fingerprint density at radius 2 is 1.78 bits per heavy atom. The second-order valence-corrected chi connectivity index (χ2v) is 3.66. The molecule has 0 bridgehead atoms. The molecule has 0 radical (unpaired) electrons. The molecule has 0 spiro atoms. The molecule has 0 aromatic heterocycles. The maximum Gasteiger partial charge on any atom is 0.322 e. The molecule has 6 heteroatoms. The molecule has 0 aliphatic carbocycles. The molecule has 0 aliphatic heterocycles. The molecule has 0 aliphatic rings. The number of rotatable bonds is 7. The monoisotopic (exact) mass is 250 g/mol. The Balaban J connectivity index is 2.45. The van der Waals surface area contributed by atoms with Crippen molar-refractivity contribution >= 4 is 18.3 Å². The predicted molar refractivity (Wildman–Crippen MR) is 63.7 cm³/mol. The standard InChI is InChI=1S/C12H14N2O4/c15-8-13-6-10-3-1-9(2-4-10)5-11(16)14-7-12(17)18/h1-4,8H,5-7H2,(H,13,15)(H,14,16)(H,17,18). The summed E-state index contributed by atoms with van der Waals surface area (Å²) in [4.78, 5) is 31.7. The predicted octanol–water partition coefficient (Wildman–Crippen LogP) is -0.324. The molecule has 0 fully saturated rings. The van der Waals surface area contributed by atoms with Crippen molar-refractivity contribution in [3.63, 3.8) is 0 Å². The Labute approximate surface area is 104 Å². The first-order valence-corrected chi connectivity index (χ1v) is 5.35. The summed E-state index contributed by atoms with van der Waals surface area (Å²) in [6, 6.07) is 7.14. The summed E-state index contributed by atoms with van der Waals surface area (Å²) in [6.07, 6.45) is 0.752. The molecule has 3 N–H and O–H groups in total. The third-order valence-corrected chi connectivity index (χ3v) is 2.21. The van der Waals surface area contributed by atoms with Crippen LogP contribution < -0.4 is 10.6 Å². The van der Waals surface area contributed by atoms with Gasteiger partial charge < -0.3 is 15.7 Å². The van der Waals surface area contributed by atoms with Gasteiger partial charge in [-0.15, -0.1) is 0 Å². The summed E-state index contributed by atoms with van der Waals surface area (Å²) in [5.41, 5.74) is 1.71. The summed E-state index contributed by atoms with van der Waals surface area (Å²) in [5, 5.41) is 13.2. The summed E-state index contributed by atoms with van der Waals surface area (Å²) in [6.45, 7) is 0.0646. The molecule has 0 saturated carbocycles. The number of carboxylic acid groups (broad SMARTS) is 1. The molecule has 0 unspecified atom stereocenters. The van der Waals surface area contributed by atoms with Gasteiger partial charge in [-0.3, -0.25) is 14.4 Å². The van der Waals surface area contributed by atoms with E-state index in [9.17, 15) is 14.4 Å². The highest BCUT2D eigenvalue weighted by Crippen LogP contribution is 2.04. The first-order valence-electron chi connectivity index (χ1n) is 5.35. The van der Waals surface area contributed by atoms with Crippen LogP contribution in [0.5, 0.6) is 0 Å². The third-order valence-electron chi connectivity index (χ3n) is 2.21. The van der Waals surface area contributed by atoms with Crippen LogP contribution in [0.3, 0.4) is 0 Å². The van der Waals surface area contributed by atoms with Gasteiger partial charge in [-0.25, -0.2) is 0 Å². The zero-order valence-electron chi connectivity index (χ0n) is 9.68. The van der Waals surface area contributed by atoms with Gasteiger partial charge in [-0.05, 0) is 11.1 Å². The van der Waals surface area contributed by atoms with E-state index in [0.717, 1.165) is 11.1 Å². The normalized spacial score (nSPS) is 9.56. The number of hydrogen-bond donors (Lipinski definition) is 3. The van der Waals surface area contributed by atoms with Gasteiger partial charge in [-0.1, -0.05) is 24.3 Å². The quantitative estimate of drug-likeness (QED) is 0.578. The SMILES string of the molecule is O=CNCc1ccc(CC(=O)NCC(=O)O)cc1. The zero-order chi connectivity index (χ0) is 13.4. The molecular formula is C12H14N2O4. The van der Waals surface area contributed by atoms with E-state index < -0.39 is 5.97 Å². The minimum absolute atomic E-state index is 0.134. The fourth-order valence-corrected chi connectivity index (χ4v) is 1.36. The van der Waals surface area contributed by atoms with Crippen molar-refractivity contribution in [3.05, 3.63) is 35.4 Å². The number of aliphatic carboxylic acids is 1. The van der Waals surface area contributed by atoms with Crippen LogP contribution in [0, 0.1) is 0 Å². The van der Waals surface area contributed by atoms with Crippen molar-refractivity contribution in [3.8, 4) is 0 Å². The van der Waals surface area contributed by atoms with E-state index in [0.29, 0.717) is 13.0 Å². The largest absolute Gasteiger partial charge is 0.480 e. The van der Waals surface area contributed by atoms with E-state index in [1.165, 1.54) is 0 Å².